The predicted molar refractivity (Wildman–Crippen MR) is 85.3 cm³/mol. The van der Waals surface area contributed by atoms with Crippen molar-refractivity contribution in [2.75, 3.05) is 13.1 Å². The van der Waals surface area contributed by atoms with E-state index < -0.39 is 5.91 Å². The minimum Gasteiger partial charge on any atom is -0.333 e. The first-order valence-corrected chi connectivity index (χ1v) is 7.66. The van der Waals surface area contributed by atoms with Crippen LogP contribution in [0.15, 0.2) is 24.3 Å². The average molecular weight is 324 g/mol. The summed E-state index contributed by atoms with van der Waals surface area (Å²) >= 11 is 0. The van der Waals surface area contributed by atoms with Gasteiger partial charge in [0.2, 0.25) is 5.91 Å². The van der Waals surface area contributed by atoms with E-state index in [0.29, 0.717) is 25.8 Å². The van der Waals surface area contributed by atoms with Crippen LogP contribution >= 0.6 is 0 Å². The molecule has 2 N–H and O–H groups in total. The maximum absolute atomic E-state index is 12.9. The lowest BCUT2D eigenvalue weighted by Gasteiger charge is -2.26. The van der Waals surface area contributed by atoms with Gasteiger partial charge in [0.15, 0.2) is 0 Å². The van der Waals surface area contributed by atoms with Gasteiger partial charge in [-0.3, -0.25) is 14.8 Å². The third kappa shape index (κ3) is 7.74. The van der Waals surface area contributed by atoms with Gasteiger partial charge in [-0.05, 0) is 36.0 Å². The van der Waals surface area contributed by atoms with E-state index in [1.54, 1.807) is 17.6 Å². The summed E-state index contributed by atoms with van der Waals surface area (Å²) in [6.45, 7) is 6.09. The fourth-order valence-corrected chi connectivity index (χ4v) is 2.19. The third-order valence-corrected chi connectivity index (χ3v) is 3.30. The molecule has 5 nitrogen and oxygen atoms in total. The van der Waals surface area contributed by atoms with Crippen molar-refractivity contribution in [1.82, 2.24) is 10.4 Å². The van der Waals surface area contributed by atoms with Crippen LogP contribution < -0.4 is 5.48 Å². The Morgan fingerprint density at radius 1 is 1.22 bits per heavy atom. The lowest BCUT2D eigenvalue weighted by molar-refractivity contribution is -0.140. The quantitative estimate of drug-likeness (QED) is 0.598. The molecule has 6 heteroatoms. The van der Waals surface area contributed by atoms with Gasteiger partial charge in [-0.2, -0.15) is 0 Å². The summed E-state index contributed by atoms with van der Waals surface area (Å²) in [7, 11) is 0. The van der Waals surface area contributed by atoms with Crippen LogP contribution in [0.4, 0.5) is 4.39 Å². The van der Waals surface area contributed by atoms with Crippen LogP contribution in [0.25, 0.3) is 0 Å². The molecule has 0 bridgehead atoms. The Kier molecular flexibility index (Phi) is 7.16. The van der Waals surface area contributed by atoms with E-state index in [1.165, 1.54) is 17.0 Å². The normalized spacial score (nSPS) is 11.2. The van der Waals surface area contributed by atoms with Crippen molar-refractivity contribution in [2.24, 2.45) is 5.41 Å². The monoisotopic (exact) mass is 324 g/mol. The summed E-state index contributed by atoms with van der Waals surface area (Å²) in [4.78, 5) is 25.1. The van der Waals surface area contributed by atoms with Crippen molar-refractivity contribution in [3.63, 3.8) is 0 Å². The molecule has 0 aromatic heterocycles. The zero-order chi connectivity index (χ0) is 17.5. The summed E-state index contributed by atoms with van der Waals surface area (Å²) < 4.78 is 12.9. The molecule has 0 spiro atoms. The lowest BCUT2D eigenvalue weighted by atomic mass is 9.91. The minimum atomic E-state index is -0.617. The Bertz CT molecular complexity index is 524. The Labute approximate surface area is 136 Å². The lowest BCUT2D eigenvalue weighted by Crippen LogP contribution is -2.41. The van der Waals surface area contributed by atoms with Gasteiger partial charge in [-0.1, -0.05) is 32.9 Å². The summed E-state index contributed by atoms with van der Waals surface area (Å²) in [5.74, 6) is -1.02. The SMILES string of the molecule is CC(C)(C)CC(=O)N(CCCc1ccc(F)cc1)CC(=O)NO. The van der Waals surface area contributed by atoms with Crippen LogP contribution in [0, 0.1) is 11.2 Å². The maximum Gasteiger partial charge on any atom is 0.262 e. The molecule has 2 amide bonds. The number of rotatable bonds is 7. The summed E-state index contributed by atoms with van der Waals surface area (Å²) in [6, 6.07) is 6.21. The van der Waals surface area contributed by atoms with Crippen LogP contribution in [0.1, 0.15) is 39.2 Å². The van der Waals surface area contributed by atoms with Crippen LogP contribution in [-0.2, 0) is 16.0 Å². The number of carbonyl (C=O) groups excluding carboxylic acids is 2. The second kappa shape index (κ2) is 8.62. The summed E-state index contributed by atoms with van der Waals surface area (Å²) in [5.41, 5.74) is 2.35. The van der Waals surface area contributed by atoms with Gasteiger partial charge in [0, 0.05) is 13.0 Å². The summed E-state index contributed by atoms with van der Waals surface area (Å²) in [5, 5.41) is 8.65. The number of nitrogens with one attached hydrogen (secondary N) is 1. The number of halogens is 1. The number of nitrogens with zero attached hydrogens (tertiary/aromatic N) is 1. The zero-order valence-corrected chi connectivity index (χ0v) is 13.9. The van der Waals surface area contributed by atoms with E-state index in [1.807, 2.05) is 20.8 Å². The molecule has 128 valence electrons. The smallest absolute Gasteiger partial charge is 0.262 e. The van der Waals surface area contributed by atoms with Crippen molar-refractivity contribution in [1.29, 1.82) is 0 Å². The average Bonchev–Trinajstić information content (AvgIpc) is 2.46. The molecule has 1 aromatic rings. The van der Waals surface area contributed by atoms with Crippen molar-refractivity contribution in [3.8, 4) is 0 Å². The van der Waals surface area contributed by atoms with Crippen LogP contribution in [0.2, 0.25) is 0 Å². The second-order valence-electron chi connectivity index (χ2n) is 6.82. The highest BCUT2D eigenvalue weighted by molar-refractivity contribution is 5.84. The molecule has 0 saturated heterocycles. The number of amides is 2. The molecule has 0 aliphatic heterocycles. The molecule has 0 aliphatic rings. The van der Waals surface area contributed by atoms with Gasteiger partial charge in [-0.25, -0.2) is 9.87 Å². The van der Waals surface area contributed by atoms with Gasteiger partial charge in [0.25, 0.3) is 5.91 Å². The fourth-order valence-electron chi connectivity index (χ4n) is 2.19. The van der Waals surface area contributed by atoms with Gasteiger partial charge in [-0.15, -0.1) is 0 Å². The Morgan fingerprint density at radius 2 is 1.83 bits per heavy atom. The molecule has 1 aromatic carbocycles. The largest absolute Gasteiger partial charge is 0.333 e. The molecule has 0 fully saturated rings. The van der Waals surface area contributed by atoms with Crippen molar-refractivity contribution in [3.05, 3.63) is 35.6 Å². The maximum atomic E-state index is 12.9. The van der Waals surface area contributed by atoms with Crippen LogP contribution in [0.3, 0.4) is 0 Å². The highest BCUT2D eigenvalue weighted by Crippen LogP contribution is 2.20. The molecular formula is C17H25FN2O3. The first-order chi connectivity index (χ1) is 10.7. The Balaban J connectivity index is 2.59. The van der Waals surface area contributed by atoms with E-state index in [-0.39, 0.29) is 23.7 Å². The third-order valence-electron chi connectivity index (χ3n) is 3.30. The number of hydroxylamine groups is 1. The standard InChI is InChI=1S/C17H25FN2O3/c1-17(2,3)11-16(22)20(12-15(21)19-23)10-4-5-13-6-8-14(18)9-7-13/h6-9,23H,4-5,10-12H2,1-3H3,(H,19,21). The van der Waals surface area contributed by atoms with Gasteiger partial charge >= 0.3 is 0 Å². The zero-order valence-electron chi connectivity index (χ0n) is 13.9. The van der Waals surface area contributed by atoms with Crippen molar-refractivity contribution < 1.29 is 19.2 Å². The van der Waals surface area contributed by atoms with Crippen molar-refractivity contribution >= 4 is 11.8 Å². The molecule has 23 heavy (non-hydrogen) atoms. The van der Waals surface area contributed by atoms with E-state index in [9.17, 15) is 14.0 Å². The van der Waals surface area contributed by atoms with E-state index >= 15 is 0 Å². The highest BCUT2D eigenvalue weighted by Gasteiger charge is 2.22. The predicted octanol–water partition coefficient (Wildman–Crippen LogP) is 2.53. The fraction of sp³-hybridized carbons (Fsp3) is 0.529. The van der Waals surface area contributed by atoms with E-state index in [0.717, 1.165) is 5.56 Å². The number of hydrogen-bond acceptors (Lipinski definition) is 3. The number of benzene rings is 1. The first kappa shape index (κ1) is 19.1. The molecule has 0 saturated carbocycles. The van der Waals surface area contributed by atoms with E-state index in [4.69, 9.17) is 5.21 Å². The van der Waals surface area contributed by atoms with Crippen LogP contribution in [-0.4, -0.2) is 35.0 Å². The van der Waals surface area contributed by atoms with Crippen LogP contribution in [0.5, 0.6) is 0 Å². The van der Waals surface area contributed by atoms with Gasteiger partial charge in [0.1, 0.15) is 12.4 Å². The molecular weight excluding hydrogens is 299 g/mol. The molecule has 0 unspecified atom stereocenters. The molecule has 0 atom stereocenters. The topological polar surface area (TPSA) is 69.6 Å². The highest BCUT2D eigenvalue weighted by atomic mass is 19.1. The summed E-state index contributed by atoms with van der Waals surface area (Å²) in [6.07, 6.45) is 1.66. The second-order valence-corrected chi connectivity index (χ2v) is 6.82. The molecule has 0 aliphatic carbocycles. The Morgan fingerprint density at radius 3 is 2.35 bits per heavy atom. The number of aryl methyl sites for hydroxylation is 1. The number of hydrogen-bond donors (Lipinski definition) is 2. The molecule has 0 radical (unpaired) electrons. The molecule has 0 heterocycles. The minimum absolute atomic E-state index is 0.125. The number of carbonyl (C=O) groups is 2. The first-order valence-electron chi connectivity index (χ1n) is 7.66. The van der Waals surface area contributed by atoms with Gasteiger partial charge in [0.05, 0.1) is 0 Å². The van der Waals surface area contributed by atoms with Gasteiger partial charge < -0.3 is 4.90 Å². The van der Waals surface area contributed by atoms with Crippen molar-refractivity contribution in [2.45, 2.75) is 40.0 Å². The molecule has 1 rings (SSSR count). The van der Waals surface area contributed by atoms with E-state index in [2.05, 4.69) is 0 Å². The Hall–Kier alpha value is -1.95.